The third kappa shape index (κ3) is 3.59. The number of nitrogens with zero attached hydrogens (tertiary/aromatic N) is 2. The molecule has 0 saturated heterocycles. The fraction of sp³-hybridized carbons (Fsp3) is 0.500. The summed E-state index contributed by atoms with van der Waals surface area (Å²) in [6.07, 6.45) is 2.68. The number of carbonyl (C=O) groups is 1. The smallest absolute Gasteiger partial charge is 0.255 e. The summed E-state index contributed by atoms with van der Waals surface area (Å²) < 4.78 is 0.744. The molecule has 0 aliphatic rings. The van der Waals surface area contributed by atoms with Crippen molar-refractivity contribution in [2.75, 3.05) is 13.6 Å². The molecule has 0 aliphatic heterocycles. The molecule has 1 unspecified atom stereocenters. The van der Waals surface area contributed by atoms with Gasteiger partial charge < -0.3 is 4.90 Å². The second-order valence-corrected chi connectivity index (χ2v) is 4.88. The minimum absolute atomic E-state index is 0.0281. The van der Waals surface area contributed by atoms with E-state index in [-0.39, 0.29) is 5.91 Å². The fourth-order valence-electron chi connectivity index (χ4n) is 1.40. The van der Waals surface area contributed by atoms with Gasteiger partial charge in [-0.3, -0.25) is 4.79 Å². The van der Waals surface area contributed by atoms with Crippen LogP contribution < -0.4 is 0 Å². The van der Waals surface area contributed by atoms with Crippen molar-refractivity contribution in [2.45, 2.75) is 20.3 Å². The number of pyridine rings is 1. The molecule has 3 nitrogen and oxygen atoms in total. The number of carbonyl (C=O) groups excluding carboxylic acids is 1. The molecule has 0 radical (unpaired) electrons. The van der Waals surface area contributed by atoms with Crippen molar-refractivity contribution < 1.29 is 4.79 Å². The van der Waals surface area contributed by atoms with Gasteiger partial charge in [0.1, 0.15) is 4.60 Å². The lowest BCUT2D eigenvalue weighted by atomic mass is 10.1. The maximum atomic E-state index is 12.0. The first-order valence-corrected chi connectivity index (χ1v) is 6.21. The van der Waals surface area contributed by atoms with Crippen LogP contribution in [0.25, 0.3) is 0 Å². The number of amides is 1. The van der Waals surface area contributed by atoms with Crippen LogP contribution in [0.4, 0.5) is 0 Å². The average Bonchev–Trinajstić information content (AvgIpc) is 2.28. The molecule has 4 heteroatoms. The lowest BCUT2D eigenvalue weighted by molar-refractivity contribution is 0.0774. The van der Waals surface area contributed by atoms with E-state index in [1.54, 1.807) is 23.2 Å². The molecular formula is C12H17BrN2O. The van der Waals surface area contributed by atoms with Crippen LogP contribution in [-0.4, -0.2) is 29.4 Å². The first-order valence-electron chi connectivity index (χ1n) is 5.41. The lowest BCUT2D eigenvalue weighted by Crippen LogP contribution is -2.30. The summed E-state index contributed by atoms with van der Waals surface area (Å²) in [5.74, 6) is 0.553. The first-order chi connectivity index (χ1) is 7.54. The fourth-order valence-corrected chi connectivity index (χ4v) is 1.64. The third-order valence-electron chi connectivity index (χ3n) is 2.60. The quantitative estimate of drug-likeness (QED) is 0.797. The topological polar surface area (TPSA) is 33.2 Å². The van der Waals surface area contributed by atoms with Crippen molar-refractivity contribution in [1.29, 1.82) is 0 Å². The van der Waals surface area contributed by atoms with E-state index < -0.39 is 0 Å². The van der Waals surface area contributed by atoms with Gasteiger partial charge in [0, 0.05) is 19.8 Å². The average molecular weight is 285 g/mol. The van der Waals surface area contributed by atoms with Crippen molar-refractivity contribution in [3.8, 4) is 0 Å². The van der Waals surface area contributed by atoms with E-state index in [1.807, 2.05) is 7.05 Å². The van der Waals surface area contributed by atoms with Gasteiger partial charge in [0.2, 0.25) is 0 Å². The van der Waals surface area contributed by atoms with Crippen molar-refractivity contribution in [1.82, 2.24) is 9.88 Å². The standard InChI is InChI=1S/C12H17BrN2O/c1-4-9(2)8-15(3)12(16)10-5-6-11(13)14-7-10/h5-7,9H,4,8H2,1-3H3. The van der Waals surface area contributed by atoms with Crippen LogP contribution in [0.2, 0.25) is 0 Å². The molecule has 0 saturated carbocycles. The van der Waals surface area contributed by atoms with E-state index in [0.717, 1.165) is 17.6 Å². The van der Waals surface area contributed by atoms with Crippen molar-refractivity contribution in [3.63, 3.8) is 0 Å². The Morgan fingerprint density at radius 1 is 1.56 bits per heavy atom. The maximum absolute atomic E-state index is 12.0. The van der Waals surface area contributed by atoms with E-state index in [4.69, 9.17) is 0 Å². The van der Waals surface area contributed by atoms with Gasteiger partial charge in [-0.15, -0.1) is 0 Å². The number of halogens is 1. The largest absolute Gasteiger partial charge is 0.341 e. The summed E-state index contributed by atoms with van der Waals surface area (Å²) in [5.41, 5.74) is 0.633. The van der Waals surface area contributed by atoms with E-state index in [0.29, 0.717) is 11.5 Å². The predicted molar refractivity (Wildman–Crippen MR) is 68.4 cm³/mol. The predicted octanol–water partition coefficient (Wildman–Crippen LogP) is 2.96. The van der Waals surface area contributed by atoms with E-state index in [9.17, 15) is 4.79 Å². The lowest BCUT2D eigenvalue weighted by Gasteiger charge is -2.20. The Labute approximate surface area is 105 Å². The van der Waals surface area contributed by atoms with Crippen LogP contribution in [0.15, 0.2) is 22.9 Å². The molecule has 0 spiro atoms. The summed E-state index contributed by atoms with van der Waals surface area (Å²) in [7, 11) is 1.83. The van der Waals surface area contributed by atoms with Crippen LogP contribution in [0, 0.1) is 5.92 Å². The number of rotatable bonds is 4. The minimum atomic E-state index is 0.0281. The van der Waals surface area contributed by atoms with Gasteiger partial charge in [-0.25, -0.2) is 4.98 Å². The van der Waals surface area contributed by atoms with Gasteiger partial charge in [-0.2, -0.15) is 0 Å². The number of hydrogen-bond donors (Lipinski definition) is 0. The summed E-state index contributed by atoms with van der Waals surface area (Å²) in [5, 5.41) is 0. The summed E-state index contributed by atoms with van der Waals surface area (Å²) in [6.45, 7) is 5.05. The normalized spacial score (nSPS) is 12.2. The molecule has 16 heavy (non-hydrogen) atoms. The Kier molecular flexibility index (Phi) is 4.93. The summed E-state index contributed by atoms with van der Waals surface area (Å²) in [4.78, 5) is 17.8. The van der Waals surface area contributed by atoms with Gasteiger partial charge in [0.15, 0.2) is 0 Å². The van der Waals surface area contributed by atoms with Gasteiger partial charge in [0.05, 0.1) is 5.56 Å². The second-order valence-electron chi connectivity index (χ2n) is 4.07. The highest BCUT2D eigenvalue weighted by molar-refractivity contribution is 9.10. The molecule has 1 aromatic rings. The zero-order valence-corrected chi connectivity index (χ0v) is 11.5. The van der Waals surface area contributed by atoms with Gasteiger partial charge in [0.25, 0.3) is 5.91 Å². The highest BCUT2D eigenvalue weighted by atomic mass is 79.9. The third-order valence-corrected chi connectivity index (χ3v) is 3.07. The van der Waals surface area contributed by atoms with Crippen LogP contribution in [0.1, 0.15) is 30.6 Å². The molecule has 0 fully saturated rings. The molecule has 88 valence electrons. The zero-order valence-electron chi connectivity index (χ0n) is 9.90. The Morgan fingerprint density at radius 3 is 2.75 bits per heavy atom. The van der Waals surface area contributed by atoms with Crippen molar-refractivity contribution in [3.05, 3.63) is 28.5 Å². The molecule has 0 aliphatic carbocycles. The molecule has 1 aromatic heterocycles. The Hall–Kier alpha value is -0.900. The van der Waals surface area contributed by atoms with Crippen LogP contribution >= 0.6 is 15.9 Å². The molecule has 1 atom stereocenters. The van der Waals surface area contributed by atoms with Gasteiger partial charge in [-0.05, 0) is 34.0 Å². The number of aromatic nitrogens is 1. The van der Waals surface area contributed by atoms with Gasteiger partial charge >= 0.3 is 0 Å². The molecule has 1 rings (SSSR count). The molecule has 1 heterocycles. The summed E-state index contributed by atoms with van der Waals surface area (Å²) >= 11 is 3.25. The highest BCUT2D eigenvalue weighted by Gasteiger charge is 2.13. The highest BCUT2D eigenvalue weighted by Crippen LogP contribution is 2.10. The molecule has 0 aromatic carbocycles. The summed E-state index contributed by atoms with van der Waals surface area (Å²) in [6, 6.07) is 3.57. The molecule has 0 bridgehead atoms. The van der Waals surface area contributed by atoms with Crippen LogP contribution in [0.3, 0.4) is 0 Å². The Balaban J connectivity index is 2.67. The molecule has 0 N–H and O–H groups in total. The number of hydrogen-bond acceptors (Lipinski definition) is 2. The minimum Gasteiger partial charge on any atom is -0.341 e. The molecule has 1 amide bonds. The Morgan fingerprint density at radius 2 is 2.25 bits per heavy atom. The van der Waals surface area contributed by atoms with Crippen LogP contribution in [0.5, 0.6) is 0 Å². The maximum Gasteiger partial charge on any atom is 0.255 e. The van der Waals surface area contributed by atoms with E-state index in [1.165, 1.54) is 0 Å². The molecular weight excluding hydrogens is 268 g/mol. The van der Waals surface area contributed by atoms with Crippen molar-refractivity contribution >= 4 is 21.8 Å². The Bertz CT molecular complexity index is 351. The van der Waals surface area contributed by atoms with Gasteiger partial charge in [-0.1, -0.05) is 20.3 Å². The SMILES string of the molecule is CCC(C)CN(C)C(=O)c1ccc(Br)nc1. The van der Waals surface area contributed by atoms with Crippen LogP contribution in [-0.2, 0) is 0 Å². The van der Waals surface area contributed by atoms with E-state index in [2.05, 4.69) is 34.8 Å². The van der Waals surface area contributed by atoms with Crippen molar-refractivity contribution in [2.24, 2.45) is 5.92 Å². The van der Waals surface area contributed by atoms with E-state index >= 15 is 0 Å². The monoisotopic (exact) mass is 284 g/mol. The zero-order chi connectivity index (χ0) is 12.1. The first kappa shape index (κ1) is 13.2. The second kappa shape index (κ2) is 5.99.